The lowest BCUT2D eigenvalue weighted by Gasteiger charge is -2.29. The number of nitrogens with one attached hydrogen (secondary N) is 2. The fourth-order valence-electron chi connectivity index (χ4n) is 2.38. The van der Waals surface area contributed by atoms with E-state index in [0.29, 0.717) is 0 Å². The van der Waals surface area contributed by atoms with Gasteiger partial charge in [-0.3, -0.25) is 4.99 Å². The fraction of sp³-hybridized carbons (Fsp3) is 0.933. The number of hydrogen-bond acceptors (Lipinski definition) is 3. The van der Waals surface area contributed by atoms with Gasteiger partial charge in [-0.15, -0.1) is 0 Å². The van der Waals surface area contributed by atoms with Crippen molar-refractivity contribution in [2.24, 2.45) is 10.9 Å². The standard InChI is InChI=1S/C15H32N4S/c1-4-16-15(18-9-13-20-3)17-8-5-10-19-11-6-14(2)7-12-19/h14H,4-13H2,1-3H3,(H2,16,17,18). The van der Waals surface area contributed by atoms with Crippen LogP contribution in [0.2, 0.25) is 0 Å². The Morgan fingerprint density at radius 1 is 1.30 bits per heavy atom. The smallest absolute Gasteiger partial charge is 0.191 e. The number of piperidine rings is 1. The van der Waals surface area contributed by atoms with Crippen LogP contribution in [0.25, 0.3) is 0 Å². The van der Waals surface area contributed by atoms with Crippen LogP contribution in [0.3, 0.4) is 0 Å². The molecule has 0 atom stereocenters. The van der Waals surface area contributed by atoms with E-state index in [4.69, 9.17) is 0 Å². The molecule has 0 aliphatic carbocycles. The van der Waals surface area contributed by atoms with Crippen molar-refractivity contribution >= 4 is 17.7 Å². The van der Waals surface area contributed by atoms with Crippen LogP contribution in [0.15, 0.2) is 4.99 Å². The van der Waals surface area contributed by atoms with Crippen LogP contribution in [-0.4, -0.2) is 62.1 Å². The van der Waals surface area contributed by atoms with E-state index in [2.05, 4.69) is 40.6 Å². The van der Waals surface area contributed by atoms with Gasteiger partial charge in [-0.1, -0.05) is 6.92 Å². The lowest BCUT2D eigenvalue weighted by molar-refractivity contribution is 0.192. The highest BCUT2D eigenvalue weighted by atomic mass is 32.2. The van der Waals surface area contributed by atoms with Gasteiger partial charge in [-0.05, 0) is 58.0 Å². The molecular weight excluding hydrogens is 268 g/mol. The summed E-state index contributed by atoms with van der Waals surface area (Å²) in [6, 6.07) is 0. The number of aliphatic imine (C=N–C) groups is 1. The third-order valence-electron chi connectivity index (χ3n) is 3.72. The quantitative estimate of drug-likeness (QED) is 0.409. The topological polar surface area (TPSA) is 39.7 Å². The molecule has 4 nitrogen and oxygen atoms in total. The van der Waals surface area contributed by atoms with Crippen LogP contribution in [0, 0.1) is 5.92 Å². The summed E-state index contributed by atoms with van der Waals surface area (Å²) >= 11 is 1.86. The van der Waals surface area contributed by atoms with Gasteiger partial charge in [0.2, 0.25) is 0 Å². The summed E-state index contributed by atoms with van der Waals surface area (Å²) in [5.74, 6) is 3.01. The van der Waals surface area contributed by atoms with Crippen LogP contribution in [0.1, 0.15) is 33.1 Å². The summed E-state index contributed by atoms with van der Waals surface area (Å²) in [6.45, 7) is 11.0. The molecule has 2 N–H and O–H groups in total. The van der Waals surface area contributed by atoms with Crippen LogP contribution in [-0.2, 0) is 0 Å². The number of guanidine groups is 1. The van der Waals surface area contributed by atoms with Crippen molar-refractivity contribution in [3.05, 3.63) is 0 Å². The van der Waals surface area contributed by atoms with Crippen LogP contribution in [0.4, 0.5) is 0 Å². The van der Waals surface area contributed by atoms with E-state index in [1.807, 2.05) is 11.8 Å². The lowest BCUT2D eigenvalue weighted by Crippen LogP contribution is -2.38. The Morgan fingerprint density at radius 2 is 2.05 bits per heavy atom. The number of likely N-dealkylation sites (tertiary alicyclic amines) is 1. The van der Waals surface area contributed by atoms with Gasteiger partial charge in [0.25, 0.3) is 0 Å². The van der Waals surface area contributed by atoms with Gasteiger partial charge in [0.15, 0.2) is 5.96 Å². The molecule has 1 aliphatic rings. The monoisotopic (exact) mass is 300 g/mol. The Balaban J connectivity index is 2.15. The molecule has 0 radical (unpaired) electrons. The van der Waals surface area contributed by atoms with Crippen molar-refractivity contribution < 1.29 is 0 Å². The minimum Gasteiger partial charge on any atom is -0.357 e. The first-order valence-electron chi connectivity index (χ1n) is 7.99. The molecule has 5 heteroatoms. The molecule has 0 unspecified atom stereocenters. The maximum atomic E-state index is 4.64. The van der Waals surface area contributed by atoms with E-state index in [9.17, 15) is 0 Å². The Kier molecular flexibility index (Phi) is 9.93. The van der Waals surface area contributed by atoms with Gasteiger partial charge in [-0.25, -0.2) is 0 Å². The molecule has 0 spiro atoms. The molecule has 1 heterocycles. The Hall–Kier alpha value is -0.420. The average molecular weight is 301 g/mol. The highest BCUT2D eigenvalue weighted by Crippen LogP contribution is 2.15. The van der Waals surface area contributed by atoms with Gasteiger partial charge in [0.1, 0.15) is 0 Å². The zero-order valence-electron chi connectivity index (χ0n) is 13.5. The fourth-order valence-corrected chi connectivity index (χ4v) is 2.69. The van der Waals surface area contributed by atoms with Crippen molar-refractivity contribution in [3.63, 3.8) is 0 Å². The Bertz CT molecular complexity index is 263. The highest BCUT2D eigenvalue weighted by molar-refractivity contribution is 7.98. The van der Waals surface area contributed by atoms with E-state index in [0.717, 1.165) is 43.7 Å². The van der Waals surface area contributed by atoms with Crippen LogP contribution >= 0.6 is 11.8 Å². The predicted molar refractivity (Wildman–Crippen MR) is 91.8 cm³/mol. The normalized spacial score (nSPS) is 18.2. The second-order valence-corrected chi connectivity index (χ2v) is 6.54. The van der Waals surface area contributed by atoms with Gasteiger partial charge in [0.05, 0.1) is 0 Å². The SMILES string of the molecule is CCNC(=NCCCN1CCC(C)CC1)NCCSC. The summed E-state index contributed by atoms with van der Waals surface area (Å²) < 4.78 is 0. The largest absolute Gasteiger partial charge is 0.357 e. The first-order valence-corrected chi connectivity index (χ1v) is 9.39. The van der Waals surface area contributed by atoms with Crippen LogP contribution < -0.4 is 10.6 Å². The van der Waals surface area contributed by atoms with Crippen LogP contribution in [0.5, 0.6) is 0 Å². The van der Waals surface area contributed by atoms with E-state index in [-0.39, 0.29) is 0 Å². The van der Waals surface area contributed by atoms with Crippen molar-refractivity contribution in [2.75, 3.05) is 51.3 Å². The second-order valence-electron chi connectivity index (χ2n) is 5.56. The molecule has 0 saturated carbocycles. The van der Waals surface area contributed by atoms with E-state index < -0.39 is 0 Å². The summed E-state index contributed by atoms with van der Waals surface area (Å²) in [5.41, 5.74) is 0. The molecule has 20 heavy (non-hydrogen) atoms. The minimum atomic E-state index is 0.917. The molecule has 1 aliphatic heterocycles. The van der Waals surface area contributed by atoms with Crippen molar-refractivity contribution in [3.8, 4) is 0 Å². The molecule has 1 rings (SSSR count). The highest BCUT2D eigenvalue weighted by Gasteiger charge is 2.14. The maximum Gasteiger partial charge on any atom is 0.191 e. The van der Waals surface area contributed by atoms with Gasteiger partial charge >= 0.3 is 0 Å². The Labute approximate surface area is 129 Å². The number of rotatable bonds is 8. The summed E-state index contributed by atoms with van der Waals surface area (Å²) in [6.07, 6.45) is 6.02. The zero-order valence-corrected chi connectivity index (χ0v) is 14.3. The number of nitrogens with zero attached hydrogens (tertiary/aromatic N) is 2. The lowest BCUT2D eigenvalue weighted by atomic mass is 9.99. The third-order valence-corrected chi connectivity index (χ3v) is 4.33. The molecule has 0 bridgehead atoms. The zero-order chi connectivity index (χ0) is 14.6. The van der Waals surface area contributed by atoms with Gasteiger partial charge < -0.3 is 15.5 Å². The second kappa shape index (κ2) is 11.3. The molecular formula is C15H32N4S. The molecule has 1 fully saturated rings. The van der Waals surface area contributed by atoms with Gasteiger partial charge in [-0.2, -0.15) is 11.8 Å². The predicted octanol–water partition coefficient (Wildman–Crippen LogP) is 2.03. The summed E-state index contributed by atoms with van der Waals surface area (Å²) in [7, 11) is 0. The Morgan fingerprint density at radius 3 is 2.70 bits per heavy atom. The molecule has 1 saturated heterocycles. The first-order chi connectivity index (χ1) is 9.76. The molecule has 0 aromatic rings. The van der Waals surface area contributed by atoms with E-state index >= 15 is 0 Å². The van der Waals surface area contributed by atoms with Crippen molar-refractivity contribution in [1.82, 2.24) is 15.5 Å². The van der Waals surface area contributed by atoms with Crippen molar-refractivity contribution in [2.45, 2.75) is 33.1 Å². The van der Waals surface area contributed by atoms with E-state index in [1.165, 1.54) is 32.5 Å². The summed E-state index contributed by atoms with van der Waals surface area (Å²) in [4.78, 5) is 7.23. The third kappa shape index (κ3) is 8.00. The average Bonchev–Trinajstić information content (AvgIpc) is 2.45. The molecule has 0 aromatic carbocycles. The van der Waals surface area contributed by atoms with Gasteiger partial charge in [0, 0.05) is 25.4 Å². The molecule has 0 aromatic heterocycles. The molecule has 118 valence electrons. The maximum absolute atomic E-state index is 4.64. The van der Waals surface area contributed by atoms with Crippen molar-refractivity contribution in [1.29, 1.82) is 0 Å². The number of hydrogen-bond donors (Lipinski definition) is 2. The first kappa shape index (κ1) is 17.6. The minimum absolute atomic E-state index is 0.917. The summed E-state index contributed by atoms with van der Waals surface area (Å²) in [5, 5.41) is 6.67. The molecule has 0 amide bonds. The van der Waals surface area contributed by atoms with E-state index in [1.54, 1.807) is 0 Å². The number of thioether (sulfide) groups is 1.